The van der Waals surface area contributed by atoms with Crippen molar-refractivity contribution in [1.29, 1.82) is 0 Å². The van der Waals surface area contributed by atoms with Gasteiger partial charge in [-0.1, -0.05) is 13.3 Å². The van der Waals surface area contributed by atoms with Crippen LogP contribution in [0.3, 0.4) is 0 Å². The summed E-state index contributed by atoms with van der Waals surface area (Å²) in [6, 6.07) is 1.25. The zero-order valence-corrected chi connectivity index (χ0v) is 12.9. The van der Waals surface area contributed by atoms with Crippen LogP contribution in [0, 0.1) is 0 Å². The van der Waals surface area contributed by atoms with Crippen LogP contribution in [0.5, 0.6) is 0 Å². The molecule has 106 valence electrons. The largest absolute Gasteiger partial charge is 0.306 e. The van der Waals surface area contributed by atoms with Gasteiger partial charge in [-0.05, 0) is 37.9 Å². The summed E-state index contributed by atoms with van der Waals surface area (Å²) in [5.74, 6) is 1.24. The number of aromatic nitrogens is 2. The summed E-state index contributed by atoms with van der Waals surface area (Å²) in [5, 5.41) is 9.22. The van der Waals surface area contributed by atoms with E-state index in [1.807, 2.05) is 0 Å². The van der Waals surface area contributed by atoms with Crippen molar-refractivity contribution in [2.24, 2.45) is 7.05 Å². The van der Waals surface area contributed by atoms with E-state index in [1.54, 1.807) is 0 Å². The lowest BCUT2D eigenvalue weighted by atomic mass is 9.92. The Kier molecular flexibility index (Phi) is 4.18. The third-order valence-electron chi connectivity index (χ3n) is 4.62. The highest BCUT2D eigenvalue weighted by Gasteiger charge is 2.31. The van der Waals surface area contributed by atoms with Crippen LogP contribution >= 0.6 is 11.8 Å². The van der Waals surface area contributed by atoms with Crippen molar-refractivity contribution in [1.82, 2.24) is 15.1 Å². The Bertz CT molecular complexity index is 429. The average molecular weight is 279 g/mol. The highest BCUT2D eigenvalue weighted by Crippen LogP contribution is 2.35. The quantitative estimate of drug-likeness (QED) is 0.918. The van der Waals surface area contributed by atoms with E-state index in [0.29, 0.717) is 12.1 Å². The highest BCUT2D eigenvalue weighted by molar-refractivity contribution is 7.99. The van der Waals surface area contributed by atoms with Gasteiger partial charge in [0.1, 0.15) is 0 Å². The zero-order valence-electron chi connectivity index (χ0n) is 12.1. The zero-order chi connectivity index (χ0) is 13.2. The summed E-state index contributed by atoms with van der Waals surface area (Å²) in [4.78, 5) is 0. The fourth-order valence-corrected chi connectivity index (χ4v) is 4.88. The minimum Gasteiger partial charge on any atom is -0.306 e. The molecular weight excluding hydrogens is 254 g/mol. The Morgan fingerprint density at radius 2 is 2.26 bits per heavy atom. The van der Waals surface area contributed by atoms with Gasteiger partial charge in [0.2, 0.25) is 0 Å². The number of hydrogen-bond acceptors (Lipinski definition) is 3. The van der Waals surface area contributed by atoms with E-state index in [2.05, 4.69) is 47.0 Å². The first-order valence-corrected chi connectivity index (χ1v) is 8.73. The van der Waals surface area contributed by atoms with E-state index >= 15 is 0 Å². The lowest BCUT2D eigenvalue weighted by molar-refractivity contribution is 0.397. The van der Waals surface area contributed by atoms with Gasteiger partial charge in [0.15, 0.2) is 0 Å². The lowest BCUT2D eigenvalue weighted by Gasteiger charge is -2.29. The molecular formula is C15H25N3S. The molecule has 4 heteroatoms. The van der Waals surface area contributed by atoms with Crippen LogP contribution in [0.25, 0.3) is 0 Å². The van der Waals surface area contributed by atoms with Gasteiger partial charge in [0.05, 0.1) is 6.20 Å². The Hall–Kier alpha value is -0.480. The Morgan fingerprint density at radius 3 is 3.11 bits per heavy atom. The van der Waals surface area contributed by atoms with Crippen molar-refractivity contribution < 1.29 is 0 Å². The standard InChI is InChI=1S/C15H25N3S/c1-3-19-15-9-5-7-13(15)17-12-6-4-8-14-11(12)10-16-18(14)2/h10,12-13,15,17H,3-9H2,1-2H3. The van der Waals surface area contributed by atoms with Crippen molar-refractivity contribution in [3.63, 3.8) is 0 Å². The topological polar surface area (TPSA) is 29.9 Å². The van der Waals surface area contributed by atoms with Gasteiger partial charge in [-0.3, -0.25) is 4.68 Å². The molecule has 3 unspecified atom stereocenters. The van der Waals surface area contributed by atoms with Crippen LogP contribution in [0.2, 0.25) is 0 Å². The Balaban J connectivity index is 1.70. The van der Waals surface area contributed by atoms with Gasteiger partial charge < -0.3 is 5.32 Å². The first-order valence-electron chi connectivity index (χ1n) is 7.68. The Morgan fingerprint density at radius 1 is 1.37 bits per heavy atom. The third kappa shape index (κ3) is 2.70. The minimum absolute atomic E-state index is 0.542. The van der Waals surface area contributed by atoms with Gasteiger partial charge in [0, 0.05) is 35.6 Å². The van der Waals surface area contributed by atoms with Gasteiger partial charge in [-0.2, -0.15) is 16.9 Å². The molecule has 0 radical (unpaired) electrons. The summed E-state index contributed by atoms with van der Waals surface area (Å²) in [6.45, 7) is 2.28. The van der Waals surface area contributed by atoms with Gasteiger partial charge >= 0.3 is 0 Å². The van der Waals surface area contributed by atoms with Crippen molar-refractivity contribution in [2.75, 3.05) is 5.75 Å². The molecule has 0 aliphatic heterocycles. The van der Waals surface area contributed by atoms with E-state index in [-0.39, 0.29) is 0 Å². The van der Waals surface area contributed by atoms with Crippen molar-refractivity contribution in [3.8, 4) is 0 Å². The summed E-state index contributed by atoms with van der Waals surface area (Å²) < 4.78 is 2.07. The van der Waals surface area contributed by atoms with Crippen LogP contribution < -0.4 is 5.32 Å². The second-order valence-electron chi connectivity index (χ2n) is 5.81. The second-order valence-corrected chi connectivity index (χ2v) is 7.33. The molecule has 1 aromatic heterocycles. The second kappa shape index (κ2) is 5.88. The summed E-state index contributed by atoms with van der Waals surface area (Å²) in [6.07, 6.45) is 9.99. The molecule has 1 saturated carbocycles. The molecule has 2 aliphatic rings. The summed E-state index contributed by atoms with van der Waals surface area (Å²) >= 11 is 2.14. The summed E-state index contributed by atoms with van der Waals surface area (Å²) in [7, 11) is 2.08. The van der Waals surface area contributed by atoms with Gasteiger partial charge in [0.25, 0.3) is 0 Å². The number of thioether (sulfide) groups is 1. The molecule has 1 fully saturated rings. The van der Waals surface area contributed by atoms with Crippen molar-refractivity contribution in [2.45, 2.75) is 62.8 Å². The first kappa shape index (κ1) is 13.5. The molecule has 19 heavy (non-hydrogen) atoms. The van der Waals surface area contributed by atoms with E-state index in [9.17, 15) is 0 Å². The van der Waals surface area contributed by atoms with Crippen LogP contribution in [0.15, 0.2) is 6.20 Å². The number of nitrogens with zero attached hydrogens (tertiary/aromatic N) is 2. The molecule has 1 aromatic rings. The average Bonchev–Trinajstić information content (AvgIpc) is 2.99. The number of nitrogens with one attached hydrogen (secondary N) is 1. The lowest BCUT2D eigenvalue weighted by Crippen LogP contribution is -2.38. The highest BCUT2D eigenvalue weighted by atomic mass is 32.2. The number of hydrogen-bond donors (Lipinski definition) is 1. The van der Waals surface area contributed by atoms with Gasteiger partial charge in [-0.15, -0.1) is 0 Å². The normalized spacial score (nSPS) is 30.5. The molecule has 2 aliphatic carbocycles. The molecule has 3 nitrogen and oxygen atoms in total. The minimum atomic E-state index is 0.542. The van der Waals surface area contributed by atoms with E-state index in [4.69, 9.17) is 0 Å². The number of fused-ring (bicyclic) bond motifs is 1. The molecule has 1 heterocycles. The van der Waals surface area contributed by atoms with Gasteiger partial charge in [-0.25, -0.2) is 0 Å². The molecule has 0 bridgehead atoms. The smallest absolute Gasteiger partial charge is 0.0540 e. The molecule has 0 spiro atoms. The summed E-state index contributed by atoms with van der Waals surface area (Å²) in [5.41, 5.74) is 2.90. The predicted octanol–water partition coefficient (Wildman–Crippen LogP) is 3.06. The Labute approximate surface area is 120 Å². The van der Waals surface area contributed by atoms with Crippen LogP contribution in [0.1, 0.15) is 56.3 Å². The SMILES string of the molecule is CCSC1CCCC1NC1CCCc2c1cnn2C. The molecule has 0 aromatic carbocycles. The van der Waals surface area contributed by atoms with Crippen LogP contribution in [-0.4, -0.2) is 26.8 Å². The maximum absolute atomic E-state index is 4.45. The van der Waals surface area contributed by atoms with Crippen LogP contribution in [0.4, 0.5) is 0 Å². The maximum atomic E-state index is 4.45. The first-order chi connectivity index (χ1) is 9.29. The van der Waals surface area contributed by atoms with Crippen molar-refractivity contribution in [3.05, 3.63) is 17.5 Å². The maximum Gasteiger partial charge on any atom is 0.0540 e. The molecule has 0 saturated heterocycles. The molecule has 3 rings (SSSR count). The fraction of sp³-hybridized carbons (Fsp3) is 0.800. The fourth-order valence-electron chi connectivity index (χ4n) is 3.67. The van der Waals surface area contributed by atoms with Crippen LogP contribution in [-0.2, 0) is 13.5 Å². The number of rotatable bonds is 4. The van der Waals surface area contributed by atoms with E-state index in [1.165, 1.54) is 55.5 Å². The van der Waals surface area contributed by atoms with Crippen molar-refractivity contribution >= 4 is 11.8 Å². The van der Waals surface area contributed by atoms with E-state index < -0.39 is 0 Å². The van der Waals surface area contributed by atoms with E-state index in [0.717, 1.165) is 5.25 Å². The molecule has 1 N–H and O–H groups in total. The third-order valence-corrected chi connectivity index (χ3v) is 5.95. The monoisotopic (exact) mass is 279 g/mol. The predicted molar refractivity (Wildman–Crippen MR) is 81.6 cm³/mol. The molecule has 3 atom stereocenters. The molecule has 0 amide bonds. The number of aryl methyl sites for hydroxylation is 1.